The van der Waals surface area contributed by atoms with Crippen molar-refractivity contribution in [3.63, 3.8) is 0 Å². The molecule has 1 aliphatic heterocycles. The maximum absolute atomic E-state index is 3.65. The number of nitrogens with one attached hydrogen (secondary N) is 1. The third kappa shape index (κ3) is 3.15. The van der Waals surface area contributed by atoms with Gasteiger partial charge >= 0.3 is 0 Å². The molecule has 0 bridgehead atoms. The summed E-state index contributed by atoms with van der Waals surface area (Å²) in [7, 11) is 0. The Balaban J connectivity index is 2.09. The minimum Gasteiger partial charge on any atom is -0.381 e. The lowest BCUT2D eigenvalue weighted by Crippen LogP contribution is -2.21. The van der Waals surface area contributed by atoms with Crippen LogP contribution in [0.25, 0.3) is 0 Å². The summed E-state index contributed by atoms with van der Waals surface area (Å²) in [5.41, 5.74) is 2.68. The predicted octanol–water partition coefficient (Wildman–Crippen LogP) is 3.89. The highest BCUT2D eigenvalue weighted by Gasteiger charge is 2.15. The van der Waals surface area contributed by atoms with Crippen molar-refractivity contribution >= 4 is 11.4 Å². The quantitative estimate of drug-likeness (QED) is 0.828. The maximum atomic E-state index is 3.65. The Morgan fingerprint density at radius 1 is 1.24 bits per heavy atom. The monoisotopic (exact) mass is 232 g/mol. The van der Waals surface area contributed by atoms with Gasteiger partial charge < -0.3 is 10.2 Å². The Morgan fingerprint density at radius 2 is 1.94 bits per heavy atom. The smallest absolute Gasteiger partial charge is 0.0602 e. The Labute approximate surface area is 105 Å². The van der Waals surface area contributed by atoms with Crippen LogP contribution in [0.2, 0.25) is 0 Å². The summed E-state index contributed by atoms with van der Waals surface area (Å²) < 4.78 is 0. The van der Waals surface area contributed by atoms with Gasteiger partial charge in [-0.2, -0.15) is 0 Å². The van der Waals surface area contributed by atoms with Crippen LogP contribution in [-0.4, -0.2) is 19.1 Å². The van der Waals surface area contributed by atoms with E-state index in [0.29, 0.717) is 6.04 Å². The highest BCUT2D eigenvalue weighted by atomic mass is 15.2. The first-order chi connectivity index (χ1) is 8.31. The summed E-state index contributed by atoms with van der Waals surface area (Å²) in [6, 6.07) is 9.28. The van der Waals surface area contributed by atoms with Crippen LogP contribution in [-0.2, 0) is 0 Å². The molecule has 1 aromatic carbocycles. The Kier molecular flexibility index (Phi) is 4.29. The molecule has 1 fully saturated rings. The van der Waals surface area contributed by atoms with Gasteiger partial charge in [-0.25, -0.2) is 0 Å². The number of benzene rings is 1. The number of anilines is 2. The van der Waals surface area contributed by atoms with Gasteiger partial charge in [0.2, 0.25) is 0 Å². The van der Waals surface area contributed by atoms with Crippen LogP contribution < -0.4 is 10.2 Å². The van der Waals surface area contributed by atoms with Gasteiger partial charge in [-0.1, -0.05) is 25.5 Å². The van der Waals surface area contributed by atoms with Crippen molar-refractivity contribution in [2.45, 2.75) is 45.6 Å². The topological polar surface area (TPSA) is 15.3 Å². The van der Waals surface area contributed by atoms with E-state index in [1.807, 2.05) is 0 Å². The molecule has 0 spiro atoms. The predicted molar refractivity (Wildman–Crippen MR) is 75.9 cm³/mol. The fraction of sp³-hybridized carbons (Fsp3) is 0.600. The van der Waals surface area contributed by atoms with Gasteiger partial charge in [0.05, 0.1) is 11.4 Å². The number of para-hydroxylation sites is 2. The minimum absolute atomic E-state index is 0.559. The summed E-state index contributed by atoms with van der Waals surface area (Å²) in [5.74, 6) is 0. The molecule has 0 amide bonds. The zero-order valence-electron chi connectivity index (χ0n) is 11.1. The van der Waals surface area contributed by atoms with E-state index < -0.39 is 0 Å². The minimum atomic E-state index is 0.559. The first-order valence-corrected chi connectivity index (χ1v) is 6.91. The zero-order valence-corrected chi connectivity index (χ0v) is 11.1. The van der Waals surface area contributed by atoms with E-state index in [9.17, 15) is 0 Å². The summed E-state index contributed by atoms with van der Waals surface area (Å²) in [5, 5.41) is 3.65. The largest absolute Gasteiger partial charge is 0.381 e. The van der Waals surface area contributed by atoms with E-state index in [1.54, 1.807) is 0 Å². The SMILES string of the molecule is CCCC(C)Nc1ccccc1N1CCCC1. The molecule has 0 aliphatic carbocycles. The van der Waals surface area contributed by atoms with Crippen LogP contribution in [0.4, 0.5) is 11.4 Å². The maximum Gasteiger partial charge on any atom is 0.0602 e. The van der Waals surface area contributed by atoms with Crippen molar-refractivity contribution < 1.29 is 0 Å². The van der Waals surface area contributed by atoms with Crippen molar-refractivity contribution in [3.05, 3.63) is 24.3 Å². The highest BCUT2D eigenvalue weighted by Crippen LogP contribution is 2.29. The van der Waals surface area contributed by atoms with Crippen molar-refractivity contribution in [3.8, 4) is 0 Å². The lowest BCUT2D eigenvalue weighted by Gasteiger charge is -2.24. The van der Waals surface area contributed by atoms with E-state index in [-0.39, 0.29) is 0 Å². The van der Waals surface area contributed by atoms with Crippen LogP contribution in [0.15, 0.2) is 24.3 Å². The molecule has 2 rings (SSSR count). The average molecular weight is 232 g/mol. The molecule has 0 aromatic heterocycles. The van der Waals surface area contributed by atoms with Gasteiger partial charge in [-0.15, -0.1) is 0 Å². The molecule has 17 heavy (non-hydrogen) atoms. The van der Waals surface area contributed by atoms with Gasteiger partial charge in [0, 0.05) is 19.1 Å². The van der Waals surface area contributed by atoms with Crippen molar-refractivity contribution in [2.75, 3.05) is 23.3 Å². The average Bonchev–Trinajstić information content (AvgIpc) is 2.83. The van der Waals surface area contributed by atoms with E-state index >= 15 is 0 Å². The van der Waals surface area contributed by atoms with Crippen molar-refractivity contribution in [1.29, 1.82) is 0 Å². The second-order valence-electron chi connectivity index (χ2n) is 5.05. The zero-order chi connectivity index (χ0) is 12.1. The third-order valence-corrected chi connectivity index (χ3v) is 3.47. The van der Waals surface area contributed by atoms with Crippen LogP contribution in [0.3, 0.4) is 0 Å². The molecule has 2 nitrogen and oxygen atoms in total. The Hall–Kier alpha value is -1.18. The van der Waals surface area contributed by atoms with Crippen LogP contribution >= 0.6 is 0 Å². The molecule has 1 atom stereocenters. The number of hydrogen-bond acceptors (Lipinski definition) is 2. The van der Waals surface area contributed by atoms with Crippen LogP contribution in [0.1, 0.15) is 39.5 Å². The second kappa shape index (κ2) is 5.95. The number of nitrogens with zero attached hydrogens (tertiary/aromatic N) is 1. The second-order valence-corrected chi connectivity index (χ2v) is 5.05. The molecule has 94 valence electrons. The van der Waals surface area contributed by atoms with Gasteiger partial charge in [-0.3, -0.25) is 0 Å². The van der Waals surface area contributed by atoms with Gasteiger partial charge in [0.15, 0.2) is 0 Å². The van der Waals surface area contributed by atoms with Gasteiger partial charge in [-0.05, 0) is 38.3 Å². The van der Waals surface area contributed by atoms with Crippen molar-refractivity contribution in [1.82, 2.24) is 0 Å². The van der Waals surface area contributed by atoms with E-state index in [2.05, 4.69) is 48.3 Å². The molecule has 1 aliphatic rings. The summed E-state index contributed by atoms with van der Waals surface area (Å²) in [6.07, 6.45) is 5.13. The van der Waals surface area contributed by atoms with Crippen molar-refractivity contribution in [2.24, 2.45) is 0 Å². The molecular formula is C15H24N2. The molecular weight excluding hydrogens is 208 g/mol. The summed E-state index contributed by atoms with van der Waals surface area (Å²) in [4.78, 5) is 2.50. The normalized spacial score (nSPS) is 17.2. The fourth-order valence-electron chi connectivity index (χ4n) is 2.60. The van der Waals surface area contributed by atoms with E-state index in [4.69, 9.17) is 0 Å². The fourth-order valence-corrected chi connectivity index (χ4v) is 2.60. The number of hydrogen-bond donors (Lipinski definition) is 1. The summed E-state index contributed by atoms with van der Waals surface area (Å²) >= 11 is 0. The molecule has 2 heteroatoms. The first-order valence-electron chi connectivity index (χ1n) is 6.91. The van der Waals surface area contributed by atoms with Gasteiger partial charge in [0.25, 0.3) is 0 Å². The molecule has 0 radical (unpaired) electrons. The van der Waals surface area contributed by atoms with Crippen LogP contribution in [0, 0.1) is 0 Å². The molecule has 1 N–H and O–H groups in total. The third-order valence-electron chi connectivity index (χ3n) is 3.47. The Bertz CT molecular complexity index is 343. The lowest BCUT2D eigenvalue weighted by atomic mass is 10.1. The molecule has 1 unspecified atom stereocenters. The number of rotatable bonds is 5. The van der Waals surface area contributed by atoms with E-state index in [0.717, 1.165) is 0 Å². The highest BCUT2D eigenvalue weighted by molar-refractivity contribution is 5.70. The van der Waals surface area contributed by atoms with Gasteiger partial charge in [0.1, 0.15) is 0 Å². The standard InChI is InChI=1S/C15H24N2/c1-3-8-13(2)16-14-9-4-5-10-15(14)17-11-6-7-12-17/h4-5,9-10,13,16H,3,6-8,11-12H2,1-2H3. The molecule has 1 saturated heterocycles. The molecule has 1 aromatic rings. The Morgan fingerprint density at radius 3 is 2.65 bits per heavy atom. The van der Waals surface area contributed by atoms with Crippen LogP contribution in [0.5, 0.6) is 0 Å². The molecule has 0 saturated carbocycles. The lowest BCUT2D eigenvalue weighted by molar-refractivity contribution is 0.690. The van der Waals surface area contributed by atoms with E-state index in [1.165, 1.54) is 50.1 Å². The first kappa shape index (κ1) is 12.3. The molecule has 1 heterocycles. The summed E-state index contributed by atoms with van der Waals surface area (Å²) in [6.45, 7) is 6.93.